The van der Waals surface area contributed by atoms with Crippen molar-refractivity contribution in [1.29, 1.82) is 0 Å². The summed E-state index contributed by atoms with van der Waals surface area (Å²) < 4.78 is 5.26. The molecule has 1 aromatic rings. The molecule has 0 spiro atoms. The van der Waals surface area contributed by atoms with E-state index in [1.54, 1.807) is 0 Å². The molecule has 4 aliphatic rings. The first-order valence-electron chi connectivity index (χ1n) is 10.0. The maximum absolute atomic E-state index is 13.0. The van der Waals surface area contributed by atoms with Crippen LogP contribution in [0.3, 0.4) is 0 Å². The van der Waals surface area contributed by atoms with Crippen molar-refractivity contribution < 1.29 is 14.1 Å². The van der Waals surface area contributed by atoms with E-state index in [1.165, 1.54) is 25.7 Å². The van der Waals surface area contributed by atoms with Crippen LogP contribution in [0.5, 0.6) is 0 Å². The number of amides is 2. The highest BCUT2D eigenvalue weighted by molar-refractivity contribution is 5.83. The SMILES string of the molecule is Cc1noc(C)c1CN1C(=O)[C@H]2CC[C@@H]1CN(C(=O)CC1CCCC1)C2. The Morgan fingerprint density at radius 1 is 1.15 bits per heavy atom. The van der Waals surface area contributed by atoms with Crippen LogP contribution in [0, 0.1) is 25.7 Å². The van der Waals surface area contributed by atoms with E-state index in [2.05, 4.69) is 5.16 Å². The monoisotopic (exact) mass is 359 g/mol. The summed E-state index contributed by atoms with van der Waals surface area (Å²) in [6.45, 7) is 5.64. The minimum atomic E-state index is -0.0539. The highest BCUT2D eigenvalue weighted by Crippen LogP contribution is 2.33. The standard InChI is InChI=1S/C20H29N3O3/c1-13-18(14(2)26-21-13)12-23-17-8-7-16(20(23)25)10-22(11-17)19(24)9-15-5-3-4-6-15/h15-17H,3-12H2,1-2H3/t16-,17+/m0/s1. The average Bonchev–Trinajstić information content (AvgIpc) is 3.13. The smallest absolute Gasteiger partial charge is 0.228 e. The van der Waals surface area contributed by atoms with Gasteiger partial charge in [-0.05, 0) is 45.4 Å². The summed E-state index contributed by atoms with van der Waals surface area (Å²) >= 11 is 0. The molecular weight excluding hydrogens is 330 g/mol. The summed E-state index contributed by atoms with van der Waals surface area (Å²) in [5.41, 5.74) is 1.86. The molecule has 2 bridgehead atoms. The molecule has 0 radical (unpaired) electrons. The van der Waals surface area contributed by atoms with Gasteiger partial charge in [0.1, 0.15) is 5.76 Å². The van der Waals surface area contributed by atoms with E-state index >= 15 is 0 Å². The van der Waals surface area contributed by atoms with Crippen LogP contribution in [0.2, 0.25) is 0 Å². The van der Waals surface area contributed by atoms with E-state index in [-0.39, 0.29) is 23.8 Å². The third-order valence-electron chi connectivity index (χ3n) is 6.59. The van der Waals surface area contributed by atoms with Crippen LogP contribution in [0.4, 0.5) is 0 Å². The molecule has 5 rings (SSSR count). The average molecular weight is 359 g/mol. The van der Waals surface area contributed by atoms with Gasteiger partial charge in [0.25, 0.3) is 0 Å². The molecule has 0 unspecified atom stereocenters. The van der Waals surface area contributed by atoms with Gasteiger partial charge in [0, 0.05) is 31.1 Å². The fourth-order valence-corrected chi connectivity index (χ4v) is 4.94. The van der Waals surface area contributed by atoms with Gasteiger partial charge in [-0.3, -0.25) is 9.59 Å². The van der Waals surface area contributed by atoms with Crippen molar-refractivity contribution in [2.75, 3.05) is 13.1 Å². The van der Waals surface area contributed by atoms with E-state index in [0.29, 0.717) is 32.0 Å². The van der Waals surface area contributed by atoms with Crippen molar-refractivity contribution in [2.24, 2.45) is 11.8 Å². The first kappa shape index (κ1) is 17.6. The van der Waals surface area contributed by atoms with Crippen molar-refractivity contribution in [3.8, 4) is 0 Å². The molecule has 0 N–H and O–H groups in total. The normalized spacial score (nSPS) is 26.6. The number of carbonyl (C=O) groups excluding carboxylic acids is 2. The molecule has 6 heteroatoms. The second kappa shape index (κ2) is 7.05. The number of rotatable bonds is 4. The largest absolute Gasteiger partial charge is 0.361 e. The van der Waals surface area contributed by atoms with Crippen LogP contribution in [0.15, 0.2) is 4.52 Å². The molecule has 4 heterocycles. The first-order valence-corrected chi connectivity index (χ1v) is 10.0. The molecule has 0 aromatic carbocycles. The molecule has 4 fully saturated rings. The van der Waals surface area contributed by atoms with E-state index in [4.69, 9.17) is 4.52 Å². The first-order chi connectivity index (χ1) is 12.5. The maximum atomic E-state index is 13.0. The second-order valence-electron chi connectivity index (χ2n) is 8.35. The summed E-state index contributed by atoms with van der Waals surface area (Å²) in [5, 5.41) is 4.02. The second-order valence-corrected chi connectivity index (χ2v) is 8.35. The van der Waals surface area contributed by atoms with Crippen molar-refractivity contribution >= 4 is 11.8 Å². The van der Waals surface area contributed by atoms with Crippen molar-refractivity contribution in [2.45, 2.75) is 71.4 Å². The Kier molecular flexibility index (Phi) is 4.76. The Hall–Kier alpha value is -1.85. The lowest BCUT2D eigenvalue weighted by molar-refractivity contribution is -0.140. The fraction of sp³-hybridized carbons (Fsp3) is 0.750. The Balaban J connectivity index is 1.48. The van der Waals surface area contributed by atoms with Gasteiger partial charge in [0.2, 0.25) is 11.8 Å². The lowest BCUT2D eigenvalue weighted by Gasteiger charge is -2.35. The third-order valence-corrected chi connectivity index (χ3v) is 6.59. The number of hydrogen-bond acceptors (Lipinski definition) is 4. The molecular formula is C20H29N3O3. The summed E-state index contributed by atoms with van der Waals surface area (Å²) in [5.74, 6) is 1.72. The third kappa shape index (κ3) is 3.26. The van der Waals surface area contributed by atoms with Gasteiger partial charge in [-0.25, -0.2) is 0 Å². The van der Waals surface area contributed by atoms with Gasteiger partial charge >= 0.3 is 0 Å². The molecule has 26 heavy (non-hydrogen) atoms. The molecule has 142 valence electrons. The van der Waals surface area contributed by atoms with Gasteiger partial charge in [-0.1, -0.05) is 18.0 Å². The van der Waals surface area contributed by atoms with Crippen LogP contribution in [0.1, 0.15) is 62.0 Å². The summed E-state index contributed by atoms with van der Waals surface area (Å²) in [6, 6.07) is 0.113. The molecule has 2 amide bonds. The number of nitrogens with zero attached hydrogens (tertiary/aromatic N) is 3. The van der Waals surface area contributed by atoms with Crippen LogP contribution in [0.25, 0.3) is 0 Å². The zero-order valence-electron chi connectivity index (χ0n) is 15.9. The Morgan fingerprint density at radius 2 is 1.92 bits per heavy atom. The molecule has 1 aliphatic carbocycles. The van der Waals surface area contributed by atoms with E-state index in [9.17, 15) is 9.59 Å². The van der Waals surface area contributed by atoms with Crippen molar-refractivity contribution in [1.82, 2.24) is 15.0 Å². The van der Waals surface area contributed by atoms with Gasteiger partial charge in [0.15, 0.2) is 0 Å². The Bertz CT molecular complexity index is 673. The number of aryl methyl sites for hydroxylation is 2. The van der Waals surface area contributed by atoms with Crippen LogP contribution < -0.4 is 0 Å². The zero-order chi connectivity index (χ0) is 18.3. The summed E-state index contributed by atoms with van der Waals surface area (Å²) in [6.07, 6.45) is 7.42. The van der Waals surface area contributed by atoms with E-state index in [0.717, 1.165) is 29.9 Å². The number of piperidine rings is 1. The predicted molar refractivity (Wildman–Crippen MR) is 96.2 cm³/mol. The lowest BCUT2D eigenvalue weighted by atomic mass is 9.93. The molecule has 3 aliphatic heterocycles. The number of hydrogen-bond donors (Lipinski definition) is 0. The fourth-order valence-electron chi connectivity index (χ4n) is 4.94. The van der Waals surface area contributed by atoms with Crippen molar-refractivity contribution in [3.63, 3.8) is 0 Å². The summed E-state index contributed by atoms with van der Waals surface area (Å²) in [4.78, 5) is 29.8. The topological polar surface area (TPSA) is 66.7 Å². The quantitative estimate of drug-likeness (QED) is 0.829. The predicted octanol–water partition coefficient (Wildman–Crippen LogP) is 2.82. The highest BCUT2D eigenvalue weighted by atomic mass is 16.5. The number of carbonyl (C=O) groups is 2. The zero-order valence-corrected chi connectivity index (χ0v) is 15.9. The van der Waals surface area contributed by atoms with Gasteiger partial charge in [-0.2, -0.15) is 0 Å². The van der Waals surface area contributed by atoms with Gasteiger partial charge in [0.05, 0.1) is 18.2 Å². The van der Waals surface area contributed by atoms with E-state index in [1.807, 2.05) is 23.6 Å². The lowest BCUT2D eigenvalue weighted by Crippen LogP contribution is -2.47. The number of fused-ring (bicyclic) bond motifs is 4. The minimum absolute atomic E-state index is 0.0539. The molecule has 6 nitrogen and oxygen atoms in total. The Morgan fingerprint density at radius 3 is 2.62 bits per heavy atom. The van der Waals surface area contributed by atoms with Gasteiger partial charge in [-0.15, -0.1) is 0 Å². The minimum Gasteiger partial charge on any atom is -0.361 e. The maximum Gasteiger partial charge on any atom is 0.228 e. The van der Waals surface area contributed by atoms with Crippen LogP contribution in [-0.4, -0.2) is 45.9 Å². The van der Waals surface area contributed by atoms with Crippen molar-refractivity contribution in [3.05, 3.63) is 17.0 Å². The van der Waals surface area contributed by atoms with Crippen LogP contribution >= 0.6 is 0 Å². The van der Waals surface area contributed by atoms with E-state index < -0.39 is 0 Å². The number of aromatic nitrogens is 1. The van der Waals surface area contributed by atoms with Crippen LogP contribution in [-0.2, 0) is 16.1 Å². The molecule has 1 aromatic heterocycles. The molecule has 1 saturated carbocycles. The highest BCUT2D eigenvalue weighted by Gasteiger charge is 2.42. The molecule has 2 atom stereocenters. The van der Waals surface area contributed by atoms with Gasteiger partial charge < -0.3 is 14.3 Å². The summed E-state index contributed by atoms with van der Waals surface area (Å²) in [7, 11) is 0. The Labute approximate surface area is 154 Å². The molecule has 3 saturated heterocycles.